The van der Waals surface area contributed by atoms with Gasteiger partial charge in [-0.1, -0.05) is 19.1 Å². The molecule has 1 N–H and O–H groups in total. The predicted octanol–water partition coefficient (Wildman–Crippen LogP) is 4.48. The number of hydrogen-bond acceptors (Lipinski definition) is 2. The molecule has 0 radical (unpaired) electrons. The molecule has 2 heterocycles. The first-order chi connectivity index (χ1) is 11.8. The van der Waals surface area contributed by atoms with Gasteiger partial charge in [0.25, 0.3) is 5.91 Å². The van der Waals surface area contributed by atoms with Gasteiger partial charge in [0.2, 0.25) is 0 Å². The normalized spacial score (nSPS) is 11.7. The van der Waals surface area contributed by atoms with Crippen LogP contribution in [0.25, 0.3) is 5.65 Å². The Bertz CT molecular complexity index is 944. The van der Waals surface area contributed by atoms with E-state index in [-0.39, 0.29) is 5.69 Å². The smallest absolute Gasteiger partial charge is 0.321 e. The third kappa shape index (κ3) is 3.35. The van der Waals surface area contributed by atoms with Gasteiger partial charge < -0.3 is 5.32 Å². The van der Waals surface area contributed by atoms with E-state index in [1.165, 1.54) is 10.5 Å². The number of halogens is 3. The lowest BCUT2D eigenvalue weighted by atomic mass is 10.2. The first-order valence-electron chi connectivity index (χ1n) is 7.76. The fraction of sp³-hybridized carbons (Fsp3) is 0.222. The molecule has 0 atom stereocenters. The van der Waals surface area contributed by atoms with Crippen molar-refractivity contribution in [2.24, 2.45) is 0 Å². The van der Waals surface area contributed by atoms with Crippen LogP contribution < -0.4 is 5.32 Å². The fourth-order valence-corrected chi connectivity index (χ4v) is 2.66. The van der Waals surface area contributed by atoms with Crippen LogP contribution in [0.2, 0.25) is 0 Å². The Morgan fingerprint density at radius 3 is 2.64 bits per heavy atom. The number of fused-ring (bicyclic) bond motifs is 1. The summed E-state index contributed by atoms with van der Waals surface area (Å²) < 4.78 is 40.2. The van der Waals surface area contributed by atoms with Gasteiger partial charge in [0.05, 0.1) is 11.3 Å². The van der Waals surface area contributed by atoms with E-state index in [4.69, 9.17) is 0 Å². The topological polar surface area (TPSA) is 46.4 Å². The van der Waals surface area contributed by atoms with Gasteiger partial charge in [-0.3, -0.25) is 9.20 Å². The molecule has 4 nitrogen and oxygen atoms in total. The summed E-state index contributed by atoms with van der Waals surface area (Å²) >= 11 is 0. The van der Waals surface area contributed by atoms with E-state index in [1.54, 1.807) is 25.1 Å². The van der Waals surface area contributed by atoms with Crippen molar-refractivity contribution in [3.8, 4) is 0 Å². The quantitative estimate of drug-likeness (QED) is 0.759. The number of amides is 1. The average molecular weight is 347 g/mol. The van der Waals surface area contributed by atoms with E-state index in [2.05, 4.69) is 10.3 Å². The number of hydrogen-bond donors (Lipinski definition) is 1. The van der Waals surface area contributed by atoms with Crippen molar-refractivity contribution in [1.29, 1.82) is 0 Å². The van der Waals surface area contributed by atoms with Crippen molar-refractivity contribution < 1.29 is 18.0 Å². The zero-order valence-electron chi connectivity index (χ0n) is 13.7. The Morgan fingerprint density at radius 2 is 2.00 bits per heavy atom. The van der Waals surface area contributed by atoms with E-state index in [9.17, 15) is 18.0 Å². The number of benzene rings is 1. The molecule has 2 aromatic heterocycles. The van der Waals surface area contributed by atoms with Gasteiger partial charge >= 0.3 is 6.18 Å². The van der Waals surface area contributed by atoms with Gasteiger partial charge in [-0.2, -0.15) is 13.2 Å². The molecule has 0 bridgehead atoms. The van der Waals surface area contributed by atoms with Gasteiger partial charge in [-0.05, 0) is 43.2 Å². The minimum absolute atomic E-state index is 0.116. The van der Waals surface area contributed by atoms with Crippen LogP contribution in [0.4, 0.5) is 18.9 Å². The lowest BCUT2D eigenvalue weighted by Gasteiger charge is -2.10. The van der Waals surface area contributed by atoms with E-state index in [0.717, 1.165) is 17.8 Å². The molecule has 0 saturated carbocycles. The minimum atomic E-state index is -4.49. The summed E-state index contributed by atoms with van der Waals surface area (Å²) in [7, 11) is 0. The molecule has 3 aromatic rings. The van der Waals surface area contributed by atoms with Crippen LogP contribution in [0, 0.1) is 6.92 Å². The second kappa shape index (κ2) is 6.23. The van der Waals surface area contributed by atoms with Crippen molar-refractivity contribution in [3.63, 3.8) is 0 Å². The van der Waals surface area contributed by atoms with Crippen LogP contribution in [-0.4, -0.2) is 15.3 Å². The number of alkyl halides is 3. The molecule has 1 aromatic carbocycles. The fourth-order valence-electron chi connectivity index (χ4n) is 2.66. The van der Waals surface area contributed by atoms with Gasteiger partial charge in [0, 0.05) is 11.9 Å². The first kappa shape index (κ1) is 17.0. The molecule has 0 fully saturated rings. The molecule has 0 aliphatic carbocycles. The van der Waals surface area contributed by atoms with Gasteiger partial charge in [0.1, 0.15) is 11.3 Å². The van der Waals surface area contributed by atoms with Crippen molar-refractivity contribution >= 4 is 17.2 Å². The number of aryl methyl sites for hydroxylation is 2. The predicted molar refractivity (Wildman–Crippen MR) is 88.7 cm³/mol. The maximum absolute atomic E-state index is 13.0. The van der Waals surface area contributed by atoms with Crippen molar-refractivity contribution in [1.82, 2.24) is 9.38 Å². The van der Waals surface area contributed by atoms with Crippen LogP contribution in [0.5, 0.6) is 0 Å². The van der Waals surface area contributed by atoms with Gasteiger partial charge in [-0.15, -0.1) is 0 Å². The lowest BCUT2D eigenvalue weighted by molar-refractivity contribution is -0.137. The number of carbonyl (C=O) groups excluding carboxylic acids is 1. The van der Waals surface area contributed by atoms with Crippen LogP contribution in [0.15, 0.2) is 42.6 Å². The Morgan fingerprint density at radius 1 is 1.24 bits per heavy atom. The molecular weight excluding hydrogens is 331 g/mol. The molecule has 0 saturated heterocycles. The number of nitrogens with zero attached hydrogens (tertiary/aromatic N) is 2. The summed E-state index contributed by atoms with van der Waals surface area (Å²) in [5.41, 5.74) is 1.58. The highest BCUT2D eigenvalue weighted by atomic mass is 19.4. The second-order valence-corrected chi connectivity index (χ2v) is 5.73. The first-order valence-corrected chi connectivity index (χ1v) is 7.76. The molecule has 0 spiro atoms. The highest BCUT2D eigenvalue weighted by molar-refractivity contribution is 6.04. The number of nitrogens with one attached hydrogen (secondary N) is 1. The summed E-state index contributed by atoms with van der Waals surface area (Å²) in [6, 6.07) is 9.42. The Balaban J connectivity index is 2.08. The highest BCUT2D eigenvalue weighted by Crippen LogP contribution is 2.30. The molecule has 0 aliphatic heterocycles. The Hall–Kier alpha value is -2.83. The molecule has 130 valence electrons. The lowest BCUT2D eigenvalue weighted by Crippen LogP contribution is -2.17. The van der Waals surface area contributed by atoms with E-state index >= 15 is 0 Å². The maximum atomic E-state index is 13.0. The SMILES string of the molecule is CCc1nc2ccc(C(F)(F)F)cn2c1C(=O)Nc1cccc(C)c1. The van der Waals surface area contributed by atoms with E-state index in [1.807, 2.05) is 13.0 Å². The second-order valence-electron chi connectivity index (χ2n) is 5.73. The zero-order chi connectivity index (χ0) is 18.2. The maximum Gasteiger partial charge on any atom is 0.417 e. The van der Waals surface area contributed by atoms with E-state index in [0.29, 0.717) is 23.4 Å². The minimum Gasteiger partial charge on any atom is -0.321 e. The van der Waals surface area contributed by atoms with Crippen LogP contribution in [0.3, 0.4) is 0 Å². The highest BCUT2D eigenvalue weighted by Gasteiger charge is 2.31. The monoisotopic (exact) mass is 347 g/mol. The van der Waals surface area contributed by atoms with Crippen molar-refractivity contribution in [2.45, 2.75) is 26.4 Å². The summed E-state index contributed by atoms with van der Waals surface area (Å²) in [5.74, 6) is -0.491. The summed E-state index contributed by atoms with van der Waals surface area (Å²) in [6.07, 6.45) is -3.15. The van der Waals surface area contributed by atoms with Crippen LogP contribution >= 0.6 is 0 Å². The van der Waals surface area contributed by atoms with E-state index < -0.39 is 17.6 Å². The largest absolute Gasteiger partial charge is 0.417 e. The molecule has 3 rings (SSSR count). The molecule has 0 aliphatic rings. The Kier molecular flexibility index (Phi) is 4.24. The van der Waals surface area contributed by atoms with Gasteiger partial charge in [0.15, 0.2) is 0 Å². The molecule has 25 heavy (non-hydrogen) atoms. The van der Waals surface area contributed by atoms with Crippen molar-refractivity contribution in [2.75, 3.05) is 5.32 Å². The number of pyridine rings is 1. The number of carbonyl (C=O) groups is 1. The standard InChI is InChI=1S/C18H16F3N3O/c1-3-14-16(17(25)22-13-6-4-5-11(2)9-13)24-10-12(18(19,20)21)7-8-15(24)23-14/h4-10H,3H2,1-2H3,(H,22,25). The summed E-state index contributed by atoms with van der Waals surface area (Å²) in [6.45, 7) is 3.69. The number of rotatable bonds is 3. The summed E-state index contributed by atoms with van der Waals surface area (Å²) in [4.78, 5) is 17.0. The number of anilines is 1. The number of imidazole rings is 1. The third-order valence-corrected chi connectivity index (χ3v) is 3.84. The zero-order valence-corrected chi connectivity index (χ0v) is 13.7. The molecule has 7 heteroatoms. The van der Waals surface area contributed by atoms with Gasteiger partial charge in [-0.25, -0.2) is 4.98 Å². The Labute approximate surface area is 142 Å². The van der Waals surface area contributed by atoms with Crippen LogP contribution in [-0.2, 0) is 12.6 Å². The molecular formula is C18H16F3N3O. The van der Waals surface area contributed by atoms with Crippen LogP contribution in [0.1, 0.15) is 34.2 Å². The number of aromatic nitrogens is 2. The molecule has 1 amide bonds. The molecule has 0 unspecified atom stereocenters. The summed E-state index contributed by atoms with van der Waals surface area (Å²) in [5, 5.41) is 2.73. The average Bonchev–Trinajstić information content (AvgIpc) is 2.91. The third-order valence-electron chi connectivity index (χ3n) is 3.84. The van der Waals surface area contributed by atoms with Crippen molar-refractivity contribution in [3.05, 3.63) is 65.1 Å².